The van der Waals surface area contributed by atoms with Gasteiger partial charge in [0.25, 0.3) is 0 Å². The standard InChI is InChI=1S/C25H26F2N4O4/c1-14-10-16(4-8-21(14)26)24(17-5-9-22(27)15(2)11-17)20(25-28-29-30-31(25)3)7-6-18(32)12-19(33)13-23(34)35/h4-11,18-19,32-33H,12-13H2,1-3H3,(H,34,35). The van der Waals surface area contributed by atoms with E-state index in [4.69, 9.17) is 5.11 Å². The van der Waals surface area contributed by atoms with Gasteiger partial charge in [-0.1, -0.05) is 24.3 Å². The number of tetrazole rings is 1. The molecule has 0 fully saturated rings. The molecule has 10 heteroatoms. The molecule has 0 aliphatic carbocycles. The normalized spacial score (nSPS) is 13.1. The van der Waals surface area contributed by atoms with Gasteiger partial charge in [-0.15, -0.1) is 5.10 Å². The average Bonchev–Trinajstić information content (AvgIpc) is 3.20. The molecule has 0 bridgehead atoms. The van der Waals surface area contributed by atoms with Gasteiger partial charge in [0.05, 0.1) is 18.6 Å². The lowest BCUT2D eigenvalue weighted by molar-refractivity contribution is -0.139. The van der Waals surface area contributed by atoms with Gasteiger partial charge in [-0.05, 0) is 76.4 Å². The first-order valence-corrected chi connectivity index (χ1v) is 10.8. The zero-order chi connectivity index (χ0) is 25.7. The molecular weight excluding hydrogens is 458 g/mol. The average molecular weight is 485 g/mol. The number of carboxylic acid groups (broad SMARTS) is 1. The Labute approximate surface area is 200 Å². The Hall–Kier alpha value is -3.76. The zero-order valence-corrected chi connectivity index (χ0v) is 19.5. The zero-order valence-electron chi connectivity index (χ0n) is 19.5. The Bertz CT molecular complexity index is 1230. The van der Waals surface area contributed by atoms with Crippen LogP contribution in [0.15, 0.2) is 48.6 Å². The summed E-state index contributed by atoms with van der Waals surface area (Å²) in [6, 6.07) is 9.12. The van der Waals surface area contributed by atoms with E-state index in [0.717, 1.165) is 0 Å². The summed E-state index contributed by atoms with van der Waals surface area (Å²) >= 11 is 0. The number of aliphatic hydroxyl groups is 2. The van der Waals surface area contributed by atoms with Gasteiger partial charge in [0.2, 0.25) is 0 Å². The summed E-state index contributed by atoms with van der Waals surface area (Å²) in [6.45, 7) is 3.25. The third-order valence-electron chi connectivity index (χ3n) is 5.43. The van der Waals surface area contributed by atoms with E-state index in [2.05, 4.69) is 15.5 Å². The van der Waals surface area contributed by atoms with Crippen LogP contribution in [-0.4, -0.2) is 53.7 Å². The van der Waals surface area contributed by atoms with E-state index in [9.17, 15) is 23.8 Å². The van der Waals surface area contributed by atoms with E-state index in [1.54, 1.807) is 51.2 Å². The second kappa shape index (κ2) is 11.1. The highest BCUT2D eigenvalue weighted by molar-refractivity contribution is 6.01. The minimum absolute atomic E-state index is 0.201. The van der Waals surface area contributed by atoms with Gasteiger partial charge in [0, 0.05) is 19.0 Å². The van der Waals surface area contributed by atoms with Gasteiger partial charge in [-0.25, -0.2) is 13.5 Å². The fraction of sp³-hybridized carbons (Fsp3) is 0.280. The van der Waals surface area contributed by atoms with Gasteiger partial charge in [0.15, 0.2) is 5.82 Å². The second-order valence-corrected chi connectivity index (χ2v) is 8.26. The lowest BCUT2D eigenvalue weighted by atomic mass is 9.90. The number of carbonyl (C=O) groups is 1. The molecule has 2 unspecified atom stereocenters. The van der Waals surface area contributed by atoms with Crippen molar-refractivity contribution in [1.29, 1.82) is 0 Å². The van der Waals surface area contributed by atoms with Crippen molar-refractivity contribution in [3.8, 4) is 0 Å². The summed E-state index contributed by atoms with van der Waals surface area (Å²) in [5.41, 5.74) is 3.02. The van der Waals surface area contributed by atoms with E-state index in [-0.39, 0.29) is 18.1 Å². The van der Waals surface area contributed by atoms with Crippen molar-refractivity contribution >= 4 is 17.1 Å². The number of aliphatic hydroxyl groups excluding tert-OH is 2. The lowest BCUT2D eigenvalue weighted by Gasteiger charge is -2.16. The third kappa shape index (κ3) is 6.43. The number of hydrogen-bond donors (Lipinski definition) is 3. The summed E-state index contributed by atoms with van der Waals surface area (Å²) in [5, 5.41) is 40.8. The number of aliphatic carboxylic acids is 1. The fourth-order valence-corrected chi connectivity index (χ4v) is 3.65. The first kappa shape index (κ1) is 25.9. The predicted octanol–water partition coefficient (Wildman–Crippen LogP) is 3.21. The van der Waals surface area contributed by atoms with Crippen LogP contribution in [0.4, 0.5) is 8.78 Å². The molecule has 2 aromatic carbocycles. The van der Waals surface area contributed by atoms with Crippen molar-refractivity contribution in [2.75, 3.05) is 0 Å². The topological polar surface area (TPSA) is 121 Å². The quantitative estimate of drug-likeness (QED) is 0.399. The predicted molar refractivity (Wildman–Crippen MR) is 125 cm³/mol. The van der Waals surface area contributed by atoms with Gasteiger partial charge in [0.1, 0.15) is 11.6 Å². The molecule has 3 N–H and O–H groups in total. The highest BCUT2D eigenvalue weighted by Crippen LogP contribution is 2.34. The van der Waals surface area contributed by atoms with Crippen LogP contribution >= 0.6 is 0 Å². The number of allylic oxidation sites excluding steroid dienone is 2. The SMILES string of the molecule is Cc1cc(C(=C(C=CC(O)CC(O)CC(=O)O)c2nnnn2C)c2ccc(F)c(C)c2)ccc1F. The molecule has 1 heterocycles. The van der Waals surface area contributed by atoms with Crippen LogP contribution in [0.1, 0.15) is 40.9 Å². The maximum Gasteiger partial charge on any atom is 0.305 e. The van der Waals surface area contributed by atoms with Crippen LogP contribution in [0.5, 0.6) is 0 Å². The van der Waals surface area contributed by atoms with Crippen LogP contribution < -0.4 is 0 Å². The smallest absolute Gasteiger partial charge is 0.305 e. The lowest BCUT2D eigenvalue weighted by Crippen LogP contribution is -2.19. The summed E-state index contributed by atoms with van der Waals surface area (Å²) < 4.78 is 29.6. The van der Waals surface area contributed by atoms with Gasteiger partial charge < -0.3 is 15.3 Å². The van der Waals surface area contributed by atoms with Crippen LogP contribution in [0.2, 0.25) is 0 Å². The van der Waals surface area contributed by atoms with Crippen molar-refractivity contribution in [2.24, 2.45) is 7.05 Å². The molecule has 0 saturated heterocycles. The molecule has 35 heavy (non-hydrogen) atoms. The third-order valence-corrected chi connectivity index (χ3v) is 5.43. The number of aryl methyl sites for hydroxylation is 3. The largest absolute Gasteiger partial charge is 0.481 e. The molecule has 0 spiro atoms. The minimum atomic E-state index is -1.24. The Balaban J connectivity index is 2.21. The Morgan fingerprint density at radius 1 is 1.06 bits per heavy atom. The maximum absolute atomic E-state index is 14.1. The number of rotatable bonds is 9. The number of aromatic nitrogens is 4. The number of halogens is 2. The monoisotopic (exact) mass is 484 g/mol. The maximum atomic E-state index is 14.1. The summed E-state index contributed by atoms with van der Waals surface area (Å²) in [7, 11) is 1.62. The molecule has 2 atom stereocenters. The molecular formula is C25H26F2N4O4. The van der Waals surface area contributed by atoms with Crippen molar-refractivity contribution in [2.45, 2.75) is 38.9 Å². The number of benzene rings is 2. The molecule has 0 aliphatic heterocycles. The van der Waals surface area contributed by atoms with E-state index in [1.165, 1.54) is 22.9 Å². The van der Waals surface area contributed by atoms with Crippen molar-refractivity contribution in [1.82, 2.24) is 20.2 Å². The number of carboxylic acids is 1. The molecule has 0 amide bonds. The molecule has 0 radical (unpaired) electrons. The molecule has 0 saturated carbocycles. The highest BCUT2D eigenvalue weighted by atomic mass is 19.1. The molecule has 3 rings (SSSR count). The van der Waals surface area contributed by atoms with E-state index in [0.29, 0.717) is 39.2 Å². The molecule has 1 aromatic heterocycles. The number of nitrogens with zero attached hydrogens (tertiary/aromatic N) is 4. The van der Waals surface area contributed by atoms with Crippen molar-refractivity contribution < 1.29 is 28.9 Å². The summed E-state index contributed by atoms with van der Waals surface area (Å²) in [6.07, 6.45) is -0.177. The van der Waals surface area contributed by atoms with E-state index in [1.807, 2.05) is 0 Å². The first-order valence-electron chi connectivity index (χ1n) is 10.8. The van der Waals surface area contributed by atoms with Gasteiger partial charge in [-0.3, -0.25) is 4.79 Å². The Kier molecular flexibility index (Phi) is 8.21. The number of hydrogen-bond acceptors (Lipinski definition) is 6. The summed E-state index contributed by atoms with van der Waals surface area (Å²) in [5.74, 6) is -1.63. The van der Waals surface area contributed by atoms with Crippen molar-refractivity contribution in [3.63, 3.8) is 0 Å². The molecule has 0 aliphatic rings. The van der Waals surface area contributed by atoms with Gasteiger partial charge >= 0.3 is 5.97 Å². The second-order valence-electron chi connectivity index (χ2n) is 8.26. The van der Waals surface area contributed by atoms with Crippen LogP contribution in [0.25, 0.3) is 11.1 Å². The van der Waals surface area contributed by atoms with E-state index < -0.39 is 24.6 Å². The molecule has 184 valence electrons. The van der Waals surface area contributed by atoms with Gasteiger partial charge in [-0.2, -0.15) is 0 Å². The Morgan fingerprint density at radius 3 is 2.09 bits per heavy atom. The Morgan fingerprint density at radius 2 is 1.63 bits per heavy atom. The molecule has 3 aromatic rings. The first-order chi connectivity index (χ1) is 16.6. The van der Waals surface area contributed by atoms with Crippen LogP contribution in [0, 0.1) is 25.5 Å². The van der Waals surface area contributed by atoms with Crippen LogP contribution in [-0.2, 0) is 11.8 Å². The molecule has 8 nitrogen and oxygen atoms in total. The minimum Gasteiger partial charge on any atom is -0.481 e. The van der Waals surface area contributed by atoms with E-state index >= 15 is 0 Å². The summed E-state index contributed by atoms with van der Waals surface area (Å²) in [4.78, 5) is 10.8. The fourth-order valence-electron chi connectivity index (χ4n) is 3.65. The highest BCUT2D eigenvalue weighted by Gasteiger charge is 2.19. The van der Waals surface area contributed by atoms with Crippen LogP contribution in [0.3, 0.4) is 0 Å². The van der Waals surface area contributed by atoms with Crippen molar-refractivity contribution in [3.05, 3.63) is 88.3 Å².